The van der Waals surface area contributed by atoms with Gasteiger partial charge >= 0.3 is 5.97 Å². The highest BCUT2D eigenvalue weighted by Crippen LogP contribution is 2.18. The minimum Gasteiger partial charge on any atom is -0.481 e. The molecule has 1 rings (SSSR count). The van der Waals surface area contributed by atoms with Gasteiger partial charge in [0.2, 0.25) is 5.91 Å². The number of hydrogen-bond donors (Lipinski definition) is 1. The smallest absolute Gasteiger partial charge is 0.303 e. The zero-order valence-corrected chi connectivity index (χ0v) is 10.1. The van der Waals surface area contributed by atoms with Gasteiger partial charge in [0.25, 0.3) is 0 Å². The summed E-state index contributed by atoms with van der Waals surface area (Å²) in [4.78, 5) is 23.3. The first-order chi connectivity index (χ1) is 8.15. The van der Waals surface area contributed by atoms with Gasteiger partial charge in [-0.25, -0.2) is 0 Å². The van der Waals surface area contributed by atoms with Crippen LogP contribution in [0.15, 0.2) is 12.2 Å². The maximum atomic E-state index is 11.3. The number of β-lactam (4-membered cyclic amide) rings is 1. The maximum absolute atomic E-state index is 11.3. The predicted molar refractivity (Wildman–Crippen MR) is 62.6 cm³/mol. The van der Waals surface area contributed by atoms with Crippen LogP contribution < -0.4 is 0 Å². The van der Waals surface area contributed by atoms with Crippen LogP contribution in [-0.4, -0.2) is 48.2 Å². The number of unbranched alkanes of at least 4 members (excludes halogenated alkanes) is 1. The Labute approximate surface area is 101 Å². The standard InChI is InChI=1S/C12H19NO4/c1-17-9-10-8-11(14)13(10)7-5-3-2-4-6-12(15)16/h3,5,10H,2,4,6-9H2,1H3,(H,15,16)/b5-3-/t10-/m1/s1. The monoisotopic (exact) mass is 241 g/mol. The average molecular weight is 241 g/mol. The van der Waals surface area contributed by atoms with Gasteiger partial charge in [-0.15, -0.1) is 0 Å². The summed E-state index contributed by atoms with van der Waals surface area (Å²) in [7, 11) is 1.63. The molecule has 17 heavy (non-hydrogen) atoms. The quantitative estimate of drug-likeness (QED) is 0.392. The number of carbonyl (C=O) groups is 2. The van der Waals surface area contributed by atoms with Crippen molar-refractivity contribution < 1.29 is 19.4 Å². The summed E-state index contributed by atoms with van der Waals surface area (Å²) in [6, 6.07) is 0.205. The normalized spacial score (nSPS) is 19.7. The highest BCUT2D eigenvalue weighted by atomic mass is 16.5. The first kappa shape index (κ1) is 13.7. The van der Waals surface area contributed by atoms with Crippen molar-refractivity contribution >= 4 is 11.9 Å². The number of rotatable bonds is 8. The van der Waals surface area contributed by atoms with Gasteiger partial charge in [0.05, 0.1) is 12.6 Å². The molecule has 96 valence electrons. The molecule has 1 amide bonds. The molecule has 0 radical (unpaired) electrons. The van der Waals surface area contributed by atoms with E-state index in [2.05, 4.69) is 0 Å². The SMILES string of the molecule is COC[C@H]1CC(=O)N1C/C=C\CCCC(=O)O. The first-order valence-corrected chi connectivity index (χ1v) is 5.80. The van der Waals surface area contributed by atoms with E-state index in [4.69, 9.17) is 9.84 Å². The third-order valence-electron chi connectivity index (χ3n) is 2.76. The van der Waals surface area contributed by atoms with E-state index in [9.17, 15) is 9.59 Å². The molecule has 0 aromatic heterocycles. The largest absolute Gasteiger partial charge is 0.481 e. The third kappa shape index (κ3) is 4.56. The molecule has 0 spiro atoms. The summed E-state index contributed by atoms with van der Waals surface area (Å²) >= 11 is 0. The number of carboxylic acid groups (broad SMARTS) is 1. The Hall–Kier alpha value is -1.36. The van der Waals surface area contributed by atoms with Crippen molar-refractivity contribution in [3.63, 3.8) is 0 Å². The van der Waals surface area contributed by atoms with Crippen molar-refractivity contribution in [2.24, 2.45) is 0 Å². The molecule has 0 bridgehead atoms. The molecule has 0 aromatic carbocycles. The molecule has 1 heterocycles. The summed E-state index contributed by atoms with van der Waals surface area (Å²) < 4.78 is 5.01. The first-order valence-electron chi connectivity index (χ1n) is 5.80. The molecule has 1 N–H and O–H groups in total. The number of amides is 1. The molecular weight excluding hydrogens is 222 g/mol. The number of aliphatic carboxylic acids is 1. The lowest BCUT2D eigenvalue weighted by molar-refractivity contribution is -0.147. The van der Waals surface area contributed by atoms with Crippen LogP contribution in [0.5, 0.6) is 0 Å². The van der Waals surface area contributed by atoms with Crippen molar-refractivity contribution in [2.75, 3.05) is 20.3 Å². The number of allylic oxidation sites excluding steroid dienone is 1. The van der Waals surface area contributed by atoms with E-state index < -0.39 is 5.97 Å². The number of likely N-dealkylation sites (tertiary alicyclic amines) is 1. The third-order valence-corrected chi connectivity index (χ3v) is 2.76. The van der Waals surface area contributed by atoms with Crippen LogP contribution in [0.2, 0.25) is 0 Å². The molecule has 0 aliphatic carbocycles. The van der Waals surface area contributed by atoms with Gasteiger partial charge in [-0.05, 0) is 12.8 Å². The summed E-state index contributed by atoms with van der Waals surface area (Å²) in [5, 5.41) is 8.44. The van der Waals surface area contributed by atoms with E-state index in [-0.39, 0.29) is 18.4 Å². The van der Waals surface area contributed by atoms with E-state index >= 15 is 0 Å². The molecular formula is C12H19NO4. The fourth-order valence-corrected chi connectivity index (χ4v) is 1.79. The van der Waals surface area contributed by atoms with Crippen molar-refractivity contribution in [1.82, 2.24) is 4.90 Å². The highest BCUT2D eigenvalue weighted by molar-refractivity contribution is 5.83. The van der Waals surface area contributed by atoms with Crippen LogP contribution >= 0.6 is 0 Å². The minimum atomic E-state index is -0.767. The molecule has 0 aromatic rings. The topological polar surface area (TPSA) is 66.8 Å². The van der Waals surface area contributed by atoms with Crippen LogP contribution in [-0.2, 0) is 14.3 Å². The fourth-order valence-electron chi connectivity index (χ4n) is 1.79. The Morgan fingerprint density at radius 3 is 2.94 bits per heavy atom. The summed E-state index contributed by atoms with van der Waals surface area (Å²) in [5.41, 5.74) is 0. The molecule has 1 aliphatic heterocycles. The zero-order valence-electron chi connectivity index (χ0n) is 10.1. The average Bonchev–Trinajstić information content (AvgIpc) is 2.27. The van der Waals surface area contributed by atoms with Crippen LogP contribution in [0.3, 0.4) is 0 Å². The lowest BCUT2D eigenvalue weighted by Crippen LogP contribution is -2.54. The highest BCUT2D eigenvalue weighted by Gasteiger charge is 2.34. The molecule has 0 unspecified atom stereocenters. The van der Waals surface area contributed by atoms with E-state index in [1.54, 1.807) is 12.0 Å². The van der Waals surface area contributed by atoms with Crippen molar-refractivity contribution in [1.29, 1.82) is 0 Å². The van der Waals surface area contributed by atoms with Crippen LogP contribution in [0, 0.1) is 0 Å². The van der Waals surface area contributed by atoms with Gasteiger partial charge in [-0.2, -0.15) is 0 Å². The Bertz CT molecular complexity index is 301. The lowest BCUT2D eigenvalue weighted by atomic mass is 10.0. The van der Waals surface area contributed by atoms with Crippen LogP contribution in [0.1, 0.15) is 25.7 Å². The molecule has 5 heteroatoms. The lowest BCUT2D eigenvalue weighted by Gasteiger charge is -2.39. The van der Waals surface area contributed by atoms with Gasteiger partial charge in [0.15, 0.2) is 0 Å². The van der Waals surface area contributed by atoms with E-state index in [0.717, 1.165) is 6.42 Å². The second-order valence-electron chi connectivity index (χ2n) is 4.12. The minimum absolute atomic E-state index is 0.155. The molecule has 0 saturated carbocycles. The van der Waals surface area contributed by atoms with Crippen LogP contribution in [0.25, 0.3) is 0 Å². The molecule has 1 saturated heterocycles. The number of hydrogen-bond acceptors (Lipinski definition) is 3. The maximum Gasteiger partial charge on any atom is 0.303 e. The molecule has 1 atom stereocenters. The number of ether oxygens (including phenoxy) is 1. The van der Waals surface area contributed by atoms with Gasteiger partial charge in [0.1, 0.15) is 0 Å². The Morgan fingerprint density at radius 1 is 1.59 bits per heavy atom. The van der Waals surface area contributed by atoms with Crippen molar-refractivity contribution in [2.45, 2.75) is 31.7 Å². The number of carbonyl (C=O) groups excluding carboxylic acids is 1. The Balaban J connectivity index is 2.14. The van der Waals surface area contributed by atoms with E-state index in [1.807, 2.05) is 12.2 Å². The van der Waals surface area contributed by atoms with E-state index in [0.29, 0.717) is 26.0 Å². The van der Waals surface area contributed by atoms with Gasteiger partial charge in [-0.1, -0.05) is 12.2 Å². The predicted octanol–water partition coefficient (Wildman–Crippen LogP) is 1.04. The van der Waals surface area contributed by atoms with Crippen molar-refractivity contribution in [3.8, 4) is 0 Å². The van der Waals surface area contributed by atoms with Gasteiger partial charge in [0, 0.05) is 26.5 Å². The second-order valence-corrected chi connectivity index (χ2v) is 4.12. The Morgan fingerprint density at radius 2 is 2.35 bits per heavy atom. The molecule has 1 aliphatic rings. The zero-order chi connectivity index (χ0) is 12.7. The fraction of sp³-hybridized carbons (Fsp3) is 0.667. The molecule has 1 fully saturated rings. The molecule has 5 nitrogen and oxygen atoms in total. The number of methoxy groups -OCH3 is 1. The van der Waals surface area contributed by atoms with E-state index in [1.165, 1.54) is 0 Å². The van der Waals surface area contributed by atoms with Crippen molar-refractivity contribution in [3.05, 3.63) is 12.2 Å². The number of carboxylic acids is 1. The van der Waals surface area contributed by atoms with Gasteiger partial charge in [-0.3, -0.25) is 9.59 Å². The van der Waals surface area contributed by atoms with Gasteiger partial charge < -0.3 is 14.7 Å². The summed E-state index contributed by atoms with van der Waals surface area (Å²) in [6.45, 7) is 1.18. The summed E-state index contributed by atoms with van der Waals surface area (Å²) in [5.74, 6) is -0.612. The summed E-state index contributed by atoms with van der Waals surface area (Å²) in [6.07, 6.45) is 5.99. The second kappa shape index (κ2) is 7.06. The Kier molecular flexibility index (Phi) is 5.69. The number of nitrogens with zero attached hydrogens (tertiary/aromatic N) is 1. The van der Waals surface area contributed by atoms with Crippen LogP contribution in [0.4, 0.5) is 0 Å².